The summed E-state index contributed by atoms with van der Waals surface area (Å²) in [7, 11) is 1.66. The van der Waals surface area contributed by atoms with E-state index >= 15 is 0 Å². The summed E-state index contributed by atoms with van der Waals surface area (Å²) in [6.07, 6.45) is 0. The summed E-state index contributed by atoms with van der Waals surface area (Å²) in [4.78, 5) is 4.21. The van der Waals surface area contributed by atoms with Crippen LogP contribution in [0.4, 0.5) is 8.78 Å². The van der Waals surface area contributed by atoms with Gasteiger partial charge in [0.05, 0.1) is 11.4 Å². The molecule has 2 N–H and O–H groups in total. The fraction of sp³-hybridized carbons (Fsp3) is 0.273. The molecule has 0 amide bonds. The summed E-state index contributed by atoms with van der Waals surface area (Å²) < 4.78 is 31.7. The first-order valence-electron chi connectivity index (χ1n) is 9.57. The number of aliphatic imine (C=N–C) groups is 1. The lowest BCUT2D eigenvalue weighted by atomic mass is 10.2. The Morgan fingerprint density at radius 2 is 1.70 bits per heavy atom. The number of guanidine groups is 1. The molecule has 0 aliphatic carbocycles. The molecule has 1 aromatic heterocycles. The topological polar surface area (TPSA) is 63.5 Å². The van der Waals surface area contributed by atoms with E-state index in [1.165, 1.54) is 6.07 Å². The molecule has 0 atom stereocenters. The minimum atomic E-state index is -2.87. The summed E-state index contributed by atoms with van der Waals surface area (Å²) >= 11 is 0. The minimum absolute atomic E-state index is 0.145. The van der Waals surface area contributed by atoms with E-state index in [1.807, 2.05) is 48.9 Å². The summed E-state index contributed by atoms with van der Waals surface area (Å²) in [5.74, 6) is 0.694. The molecule has 0 saturated heterocycles. The first-order valence-corrected chi connectivity index (χ1v) is 9.57. The van der Waals surface area contributed by atoms with Gasteiger partial charge in [-0.25, -0.2) is 4.68 Å². The van der Waals surface area contributed by atoms with E-state index in [4.69, 9.17) is 0 Å². The fourth-order valence-corrected chi connectivity index (χ4v) is 3.18. The third kappa shape index (κ3) is 5.14. The van der Waals surface area contributed by atoms with Gasteiger partial charge in [-0.05, 0) is 32.0 Å². The van der Waals surface area contributed by atoms with Gasteiger partial charge in [0.1, 0.15) is 5.75 Å². The number of halogens is 2. The highest BCUT2D eigenvalue weighted by Crippen LogP contribution is 2.20. The van der Waals surface area contributed by atoms with Crippen LogP contribution in [-0.4, -0.2) is 29.4 Å². The van der Waals surface area contributed by atoms with E-state index in [0.717, 1.165) is 22.6 Å². The second-order valence-corrected chi connectivity index (χ2v) is 6.66. The molecule has 0 bridgehead atoms. The van der Waals surface area contributed by atoms with Gasteiger partial charge in [-0.1, -0.05) is 36.4 Å². The molecule has 1 heterocycles. The van der Waals surface area contributed by atoms with Crippen LogP contribution >= 0.6 is 0 Å². The third-order valence-corrected chi connectivity index (χ3v) is 4.73. The van der Waals surface area contributed by atoms with E-state index in [1.54, 1.807) is 25.2 Å². The lowest BCUT2D eigenvalue weighted by molar-refractivity contribution is -0.0504. The average Bonchev–Trinajstić information content (AvgIpc) is 3.03. The summed E-state index contributed by atoms with van der Waals surface area (Å²) in [5.41, 5.74) is 4.66. The maximum atomic E-state index is 12.6. The summed E-state index contributed by atoms with van der Waals surface area (Å²) in [5, 5.41) is 11.0. The predicted molar refractivity (Wildman–Crippen MR) is 113 cm³/mol. The van der Waals surface area contributed by atoms with Crippen molar-refractivity contribution in [2.75, 3.05) is 7.05 Å². The van der Waals surface area contributed by atoms with Gasteiger partial charge < -0.3 is 15.4 Å². The van der Waals surface area contributed by atoms with Crippen molar-refractivity contribution in [2.24, 2.45) is 4.99 Å². The van der Waals surface area contributed by atoms with Gasteiger partial charge >= 0.3 is 6.61 Å². The predicted octanol–water partition coefficient (Wildman–Crippen LogP) is 3.96. The van der Waals surface area contributed by atoms with Crippen LogP contribution in [0.25, 0.3) is 5.69 Å². The van der Waals surface area contributed by atoms with Crippen molar-refractivity contribution in [2.45, 2.75) is 33.5 Å². The first kappa shape index (κ1) is 21.3. The second-order valence-electron chi connectivity index (χ2n) is 6.66. The van der Waals surface area contributed by atoms with Crippen molar-refractivity contribution < 1.29 is 13.5 Å². The first-order chi connectivity index (χ1) is 14.5. The Balaban J connectivity index is 1.65. The van der Waals surface area contributed by atoms with Crippen LogP contribution in [0, 0.1) is 13.8 Å². The zero-order valence-corrected chi connectivity index (χ0v) is 17.2. The number of nitrogens with one attached hydrogen (secondary N) is 2. The van der Waals surface area contributed by atoms with Crippen LogP contribution in [0.5, 0.6) is 5.75 Å². The SMILES string of the molecule is CN=C(NCc1ccccc1OC(F)F)NCc1c(C)nn(-c2ccccc2)c1C. The van der Waals surface area contributed by atoms with E-state index < -0.39 is 6.61 Å². The Kier molecular flexibility index (Phi) is 7.00. The lowest BCUT2D eigenvalue weighted by Crippen LogP contribution is -2.36. The van der Waals surface area contributed by atoms with Gasteiger partial charge in [-0.3, -0.25) is 4.99 Å². The Hall–Kier alpha value is -3.42. The molecule has 0 aliphatic rings. The van der Waals surface area contributed by atoms with Crippen LogP contribution in [-0.2, 0) is 13.1 Å². The molecule has 0 aliphatic heterocycles. The van der Waals surface area contributed by atoms with E-state index in [2.05, 4.69) is 25.5 Å². The maximum absolute atomic E-state index is 12.6. The largest absolute Gasteiger partial charge is 0.434 e. The van der Waals surface area contributed by atoms with Gasteiger partial charge in [0, 0.05) is 37.0 Å². The number of hydrogen-bond donors (Lipinski definition) is 2. The molecule has 0 radical (unpaired) electrons. The Morgan fingerprint density at radius 3 is 2.40 bits per heavy atom. The number of hydrogen-bond acceptors (Lipinski definition) is 3. The highest BCUT2D eigenvalue weighted by Gasteiger charge is 2.14. The summed E-state index contributed by atoms with van der Waals surface area (Å²) in [6.45, 7) is 1.95. The molecule has 0 saturated carbocycles. The molecule has 0 unspecified atom stereocenters. The molecule has 8 heteroatoms. The molecule has 0 fully saturated rings. The van der Waals surface area contributed by atoms with Crippen molar-refractivity contribution >= 4 is 5.96 Å². The molecule has 6 nitrogen and oxygen atoms in total. The molecule has 0 spiro atoms. The average molecular weight is 413 g/mol. The maximum Gasteiger partial charge on any atom is 0.387 e. The molecule has 3 aromatic rings. The zero-order chi connectivity index (χ0) is 21.5. The number of rotatable bonds is 7. The van der Waals surface area contributed by atoms with Gasteiger partial charge in [-0.15, -0.1) is 0 Å². The summed E-state index contributed by atoms with van der Waals surface area (Å²) in [6, 6.07) is 16.6. The van der Waals surface area contributed by atoms with Crippen LogP contribution in [0.2, 0.25) is 0 Å². The van der Waals surface area contributed by atoms with Gasteiger partial charge in [0.25, 0.3) is 0 Å². The van der Waals surface area contributed by atoms with Crippen LogP contribution < -0.4 is 15.4 Å². The third-order valence-electron chi connectivity index (χ3n) is 4.73. The van der Waals surface area contributed by atoms with Crippen molar-refractivity contribution in [1.29, 1.82) is 0 Å². The van der Waals surface area contributed by atoms with Crippen molar-refractivity contribution in [3.63, 3.8) is 0 Å². The standard InChI is InChI=1S/C22H25F2N5O/c1-15-19(16(2)29(28-15)18-10-5-4-6-11-18)14-27-22(25-3)26-13-17-9-7-8-12-20(17)30-21(23)24/h4-12,21H,13-14H2,1-3H3,(H2,25,26,27). The van der Waals surface area contributed by atoms with Crippen molar-refractivity contribution in [3.8, 4) is 11.4 Å². The second kappa shape index (κ2) is 9.87. The normalized spacial score (nSPS) is 11.6. The highest BCUT2D eigenvalue weighted by atomic mass is 19.3. The van der Waals surface area contributed by atoms with Crippen LogP contribution in [0.1, 0.15) is 22.5 Å². The van der Waals surface area contributed by atoms with Crippen molar-refractivity contribution in [3.05, 3.63) is 77.1 Å². The fourth-order valence-electron chi connectivity index (χ4n) is 3.18. The Bertz CT molecular complexity index is 1000. The number of nitrogens with zero attached hydrogens (tertiary/aromatic N) is 3. The monoisotopic (exact) mass is 413 g/mol. The zero-order valence-electron chi connectivity index (χ0n) is 17.2. The van der Waals surface area contributed by atoms with E-state index in [0.29, 0.717) is 24.6 Å². The number of aromatic nitrogens is 2. The number of para-hydroxylation sites is 2. The number of alkyl halides is 2. The number of benzene rings is 2. The van der Waals surface area contributed by atoms with Gasteiger partial charge in [0.15, 0.2) is 5.96 Å². The van der Waals surface area contributed by atoms with Crippen molar-refractivity contribution in [1.82, 2.24) is 20.4 Å². The smallest absolute Gasteiger partial charge is 0.387 e. The molecule has 158 valence electrons. The van der Waals surface area contributed by atoms with Crippen LogP contribution in [0.15, 0.2) is 59.6 Å². The Morgan fingerprint density at radius 1 is 1.03 bits per heavy atom. The van der Waals surface area contributed by atoms with E-state index in [9.17, 15) is 8.78 Å². The minimum Gasteiger partial charge on any atom is -0.434 e. The molecular formula is C22H25F2N5O. The number of ether oxygens (including phenoxy) is 1. The van der Waals surface area contributed by atoms with Gasteiger partial charge in [-0.2, -0.15) is 13.9 Å². The number of aryl methyl sites for hydroxylation is 1. The Labute approximate surface area is 174 Å². The molecular weight excluding hydrogens is 388 g/mol. The van der Waals surface area contributed by atoms with E-state index in [-0.39, 0.29) is 5.75 Å². The van der Waals surface area contributed by atoms with Gasteiger partial charge in [0.2, 0.25) is 0 Å². The highest BCUT2D eigenvalue weighted by molar-refractivity contribution is 5.79. The van der Waals surface area contributed by atoms with Crippen LogP contribution in [0.3, 0.4) is 0 Å². The molecule has 2 aromatic carbocycles. The lowest BCUT2D eigenvalue weighted by Gasteiger charge is -2.14. The molecule has 30 heavy (non-hydrogen) atoms. The molecule has 3 rings (SSSR count). The quantitative estimate of drug-likeness (QED) is 0.455.